The van der Waals surface area contributed by atoms with Gasteiger partial charge in [-0.25, -0.2) is 0 Å². The summed E-state index contributed by atoms with van der Waals surface area (Å²) in [6.45, 7) is 2.33. The molecule has 3 heterocycles. The molecule has 7 heteroatoms. The SMILES string of the molecule is CC/C(=C\c1ccc(CO)o1)CC[C@H]1OC[C@H]2C1=C(CO)C[C@H]1C(=O)N(C3CCCCC3)C(=O)[C@H]12. The minimum atomic E-state index is -0.353. The van der Waals surface area contributed by atoms with Gasteiger partial charge in [-0.3, -0.25) is 14.5 Å². The number of carbonyl (C=O) groups is 2. The first-order chi connectivity index (χ1) is 17.0. The molecule has 190 valence electrons. The van der Waals surface area contributed by atoms with Gasteiger partial charge in [0.25, 0.3) is 0 Å². The Labute approximate surface area is 206 Å². The molecule has 5 rings (SSSR count). The van der Waals surface area contributed by atoms with Crippen molar-refractivity contribution < 1.29 is 29.0 Å². The first-order valence-corrected chi connectivity index (χ1v) is 13.3. The maximum absolute atomic E-state index is 13.6. The first kappa shape index (κ1) is 24.5. The maximum atomic E-state index is 13.6. The highest BCUT2D eigenvalue weighted by Crippen LogP contribution is 2.50. The number of ether oxygens (including phenoxy) is 1. The molecular weight excluding hydrogens is 446 g/mol. The Morgan fingerprint density at radius 3 is 2.57 bits per heavy atom. The van der Waals surface area contributed by atoms with Gasteiger partial charge in [0.15, 0.2) is 0 Å². The minimum Gasteiger partial charge on any atom is -0.459 e. The molecule has 4 aliphatic rings. The van der Waals surface area contributed by atoms with Crippen LogP contribution in [0.25, 0.3) is 6.08 Å². The molecule has 35 heavy (non-hydrogen) atoms. The third-order valence-electron chi connectivity index (χ3n) is 8.54. The molecule has 2 saturated heterocycles. The number of amides is 2. The standard InChI is InChI=1S/C28H37NO6/c1-2-17(12-20-9-10-21(15-31)35-20)8-11-24-25-18(14-30)13-22-26(23(25)16-34-24)28(33)29(27(22)32)19-6-4-3-5-7-19/h9-10,12,19,22-24,26,30-31H,2-8,11,13-16H2,1H3/b17-12+/t22-,23+,24-,26-/m1/s1. The Kier molecular flexibility index (Phi) is 7.28. The number of allylic oxidation sites excluding steroid dienone is 1. The van der Waals surface area contributed by atoms with Crippen molar-refractivity contribution >= 4 is 17.9 Å². The van der Waals surface area contributed by atoms with Gasteiger partial charge < -0.3 is 19.4 Å². The van der Waals surface area contributed by atoms with Crippen LogP contribution in [0.2, 0.25) is 0 Å². The van der Waals surface area contributed by atoms with Gasteiger partial charge in [-0.1, -0.05) is 31.8 Å². The van der Waals surface area contributed by atoms with E-state index >= 15 is 0 Å². The van der Waals surface area contributed by atoms with Crippen molar-refractivity contribution in [1.82, 2.24) is 4.90 Å². The van der Waals surface area contributed by atoms with Crippen LogP contribution in [0.15, 0.2) is 33.3 Å². The van der Waals surface area contributed by atoms with E-state index in [-0.39, 0.29) is 54.9 Å². The molecule has 2 aliphatic heterocycles. The Morgan fingerprint density at radius 1 is 1.09 bits per heavy atom. The third-order valence-corrected chi connectivity index (χ3v) is 8.54. The molecule has 2 N–H and O–H groups in total. The summed E-state index contributed by atoms with van der Waals surface area (Å²) >= 11 is 0. The van der Waals surface area contributed by atoms with Crippen molar-refractivity contribution in [2.24, 2.45) is 17.8 Å². The fourth-order valence-electron chi connectivity index (χ4n) is 6.77. The number of furan rings is 1. The van der Waals surface area contributed by atoms with Crippen LogP contribution in [0.5, 0.6) is 0 Å². The zero-order valence-corrected chi connectivity index (χ0v) is 20.6. The van der Waals surface area contributed by atoms with Crippen molar-refractivity contribution in [2.75, 3.05) is 13.2 Å². The Morgan fingerprint density at radius 2 is 1.89 bits per heavy atom. The van der Waals surface area contributed by atoms with Crippen molar-refractivity contribution in [3.8, 4) is 0 Å². The lowest BCUT2D eigenvalue weighted by Crippen LogP contribution is -2.42. The van der Waals surface area contributed by atoms with Gasteiger partial charge in [0, 0.05) is 12.0 Å². The van der Waals surface area contributed by atoms with Gasteiger partial charge >= 0.3 is 0 Å². The number of rotatable bonds is 8. The smallest absolute Gasteiger partial charge is 0.234 e. The molecule has 4 atom stereocenters. The van der Waals surface area contributed by atoms with Crippen LogP contribution in [0, 0.1) is 17.8 Å². The first-order valence-electron chi connectivity index (χ1n) is 13.3. The molecule has 0 spiro atoms. The van der Waals surface area contributed by atoms with E-state index in [4.69, 9.17) is 9.15 Å². The molecule has 0 unspecified atom stereocenters. The summed E-state index contributed by atoms with van der Waals surface area (Å²) in [7, 11) is 0. The van der Waals surface area contributed by atoms with Crippen LogP contribution in [0.4, 0.5) is 0 Å². The van der Waals surface area contributed by atoms with Crippen LogP contribution in [0.1, 0.15) is 76.2 Å². The molecule has 1 saturated carbocycles. The van der Waals surface area contributed by atoms with Gasteiger partial charge in [0.1, 0.15) is 18.1 Å². The van der Waals surface area contributed by atoms with Crippen LogP contribution < -0.4 is 0 Å². The number of hydrogen-bond donors (Lipinski definition) is 2. The Hall–Kier alpha value is -2.22. The zero-order valence-electron chi connectivity index (χ0n) is 20.6. The van der Waals surface area contributed by atoms with Crippen molar-refractivity contribution in [3.05, 3.63) is 40.4 Å². The summed E-state index contributed by atoms with van der Waals surface area (Å²) in [5, 5.41) is 19.5. The largest absolute Gasteiger partial charge is 0.459 e. The van der Waals surface area contributed by atoms with E-state index in [1.807, 2.05) is 12.1 Å². The second kappa shape index (κ2) is 10.4. The summed E-state index contributed by atoms with van der Waals surface area (Å²) in [5.74, 6) is 0.414. The highest BCUT2D eigenvalue weighted by molar-refractivity contribution is 6.06. The monoisotopic (exact) mass is 483 g/mol. The number of aliphatic hydroxyl groups is 2. The van der Waals surface area contributed by atoms with Gasteiger partial charge in [-0.15, -0.1) is 0 Å². The molecule has 0 aromatic carbocycles. The van der Waals surface area contributed by atoms with Crippen molar-refractivity contribution in [3.63, 3.8) is 0 Å². The number of hydrogen-bond acceptors (Lipinski definition) is 6. The van der Waals surface area contributed by atoms with E-state index in [2.05, 4.69) is 6.92 Å². The molecule has 7 nitrogen and oxygen atoms in total. The summed E-state index contributed by atoms with van der Waals surface area (Å²) < 4.78 is 11.8. The van der Waals surface area contributed by atoms with E-state index in [1.165, 1.54) is 12.0 Å². The van der Waals surface area contributed by atoms with E-state index in [0.29, 0.717) is 18.8 Å². The lowest BCUT2D eigenvalue weighted by atomic mass is 9.69. The highest BCUT2D eigenvalue weighted by Gasteiger charge is 2.58. The maximum Gasteiger partial charge on any atom is 0.234 e. The fourth-order valence-corrected chi connectivity index (χ4v) is 6.77. The van der Waals surface area contributed by atoms with Crippen LogP contribution in [-0.4, -0.2) is 52.3 Å². The van der Waals surface area contributed by atoms with Crippen LogP contribution in [-0.2, 0) is 20.9 Å². The normalized spacial score (nSPS) is 29.8. The summed E-state index contributed by atoms with van der Waals surface area (Å²) in [6.07, 6.45) is 9.92. The van der Waals surface area contributed by atoms with Gasteiger partial charge in [0.05, 0.1) is 31.2 Å². The van der Waals surface area contributed by atoms with E-state index in [9.17, 15) is 19.8 Å². The molecular formula is C28H37NO6. The van der Waals surface area contributed by atoms with Crippen molar-refractivity contribution in [2.45, 2.75) is 83.5 Å². The number of aliphatic hydroxyl groups excluding tert-OH is 2. The number of likely N-dealkylation sites (tertiary alicyclic amines) is 1. The quantitative estimate of drug-likeness (QED) is 0.428. The van der Waals surface area contributed by atoms with Crippen molar-refractivity contribution in [1.29, 1.82) is 0 Å². The number of imide groups is 1. The van der Waals surface area contributed by atoms with E-state index in [0.717, 1.165) is 61.9 Å². The molecule has 1 aromatic rings. The molecule has 2 amide bonds. The number of nitrogens with zero attached hydrogens (tertiary/aromatic N) is 1. The summed E-state index contributed by atoms with van der Waals surface area (Å²) in [6, 6.07) is 3.67. The Balaban J connectivity index is 1.32. The molecule has 1 aromatic heterocycles. The summed E-state index contributed by atoms with van der Waals surface area (Å²) in [4.78, 5) is 28.5. The number of carbonyl (C=O) groups excluding carboxylic acids is 2. The molecule has 2 aliphatic carbocycles. The van der Waals surface area contributed by atoms with Gasteiger partial charge in [-0.05, 0) is 67.9 Å². The van der Waals surface area contributed by atoms with E-state index in [1.54, 1.807) is 11.0 Å². The molecule has 0 bridgehead atoms. The average molecular weight is 484 g/mol. The lowest BCUT2D eigenvalue weighted by Gasteiger charge is -2.31. The fraction of sp³-hybridized carbons (Fsp3) is 0.643. The Bertz CT molecular complexity index is 1020. The second-order valence-electron chi connectivity index (χ2n) is 10.5. The molecule has 0 radical (unpaired) electrons. The predicted molar refractivity (Wildman–Crippen MR) is 130 cm³/mol. The topological polar surface area (TPSA) is 100 Å². The van der Waals surface area contributed by atoms with Gasteiger partial charge in [0.2, 0.25) is 11.8 Å². The van der Waals surface area contributed by atoms with Crippen LogP contribution >= 0.6 is 0 Å². The minimum absolute atomic E-state index is 0.0118. The lowest BCUT2D eigenvalue weighted by molar-refractivity contribution is -0.143. The van der Waals surface area contributed by atoms with Gasteiger partial charge in [-0.2, -0.15) is 0 Å². The average Bonchev–Trinajstić information content (AvgIpc) is 3.58. The van der Waals surface area contributed by atoms with Crippen LogP contribution in [0.3, 0.4) is 0 Å². The predicted octanol–water partition coefficient (Wildman–Crippen LogP) is 3.99. The number of fused-ring (bicyclic) bond motifs is 3. The summed E-state index contributed by atoms with van der Waals surface area (Å²) in [5.41, 5.74) is 3.17. The molecule has 3 fully saturated rings. The third kappa shape index (κ3) is 4.54. The van der Waals surface area contributed by atoms with E-state index < -0.39 is 0 Å². The zero-order chi connectivity index (χ0) is 24.5. The highest BCUT2D eigenvalue weighted by atomic mass is 16.5. The second-order valence-corrected chi connectivity index (χ2v) is 10.5.